The number of anilines is 6. The lowest BCUT2D eigenvalue weighted by Crippen LogP contribution is -2.55. The Labute approximate surface area is 423 Å². The number of benzene rings is 3. The Kier molecular flexibility index (Phi) is 13.3. The minimum absolute atomic E-state index is 0.0266. The molecule has 3 amide bonds. The molecule has 0 radical (unpaired) electrons. The van der Waals surface area contributed by atoms with Crippen molar-refractivity contribution in [1.29, 1.82) is 0 Å². The number of rotatable bonds is 12. The fourth-order valence-electron chi connectivity index (χ4n) is 12.0. The van der Waals surface area contributed by atoms with Crippen molar-refractivity contribution in [3.63, 3.8) is 0 Å². The standard InChI is InChI=1S/C54H62F2N11O5P/c1-4-33-27-44(60-54-62-50-39(13-17-57-50)51(63-54)59-43-11-10-42-37(8-7-32(2)58-42)49(43)73(71)25-5-6-26-73)46(72-3)30-45(33)65-19-15-35(16-20-65)64-21-23-66(24-22-64)53(70)34-14-18-67(31-34)36-28-40(55)48(41(56)29-36)38-9-12-47(68)61-52(38)69/h7-8,10-11,13,17,27-30,34-35,38H,4-6,9,12,14-16,18-26,31H2,1-3H3,(H,61,68,69)(H3,57,59,60,62,63)/t34-,38?/m1/s1. The Morgan fingerprint density at radius 2 is 1.59 bits per heavy atom. The van der Waals surface area contributed by atoms with Gasteiger partial charge in [-0.2, -0.15) is 9.97 Å². The molecular weight excluding hydrogens is 952 g/mol. The van der Waals surface area contributed by atoms with Gasteiger partial charge in [0.1, 0.15) is 36.0 Å². The molecule has 19 heteroatoms. The van der Waals surface area contributed by atoms with E-state index < -0.39 is 36.5 Å². The Morgan fingerprint density at radius 1 is 0.836 bits per heavy atom. The van der Waals surface area contributed by atoms with E-state index in [0.29, 0.717) is 79.8 Å². The van der Waals surface area contributed by atoms with Crippen molar-refractivity contribution in [2.45, 2.75) is 77.2 Å². The first-order valence-corrected chi connectivity index (χ1v) is 27.9. The lowest BCUT2D eigenvalue weighted by atomic mass is 9.89. The van der Waals surface area contributed by atoms with Gasteiger partial charge in [-0.05, 0) is 99.9 Å². The van der Waals surface area contributed by atoms with E-state index in [1.165, 1.54) is 17.7 Å². The zero-order valence-corrected chi connectivity index (χ0v) is 42.5. The summed E-state index contributed by atoms with van der Waals surface area (Å²) >= 11 is 0. The van der Waals surface area contributed by atoms with Crippen LogP contribution >= 0.6 is 7.14 Å². The van der Waals surface area contributed by atoms with Crippen LogP contribution in [0.15, 0.2) is 60.8 Å². The number of imide groups is 1. The smallest absolute Gasteiger partial charge is 0.234 e. The van der Waals surface area contributed by atoms with Gasteiger partial charge in [0.25, 0.3) is 0 Å². The number of halogens is 2. The van der Waals surface area contributed by atoms with Crippen molar-refractivity contribution < 1.29 is 32.5 Å². The molecule has 5 aliphatic heterocycles. The molecule has 0 saturated carbocycles. The molecule has 8 heterocycles. The Bertz CT molecular complexity index is 3160. The van der Waals surface area contributed by atoms with Crippen molar-refractivity contribution in [3.05, 3.63) is 89.2 Å². The molecule has 5 fully saturated rings. The number of hydrogen-bond donors (Lipinski definition) is 4. The second kappa shape index (κ2) is 20.0. The van der Waals surface area contributed by atoms with E-state index in [9.17, 15) is 18.9 Å². The van der Waals surface area contributed by atoms with Gasteiger partial charge in [0.15, 0.2) is 0 Å². The maximum atomic E-state index is 15.3. The first-order chi connectivity index (χ1) is 35.4. The third-order valence-corrected chi connectivity index (χ3v) is 19.3. The van der Waals surface area contributed by atoms with E-state index in [2.05, 4.69) is 55.9 Å². The number of fused-ring (bicyclic) bond motifs is 2. The fourth-order valence-corrected chi connectivity index (χ4v) is 15.3. The summed E-state index contributed by atoms with van der Waals surface area (Å²) in [4.78, 5) is 64.4. The Hall–Kier alpha value is -6.65. The molecule has 73 heavy (non-hydrogen) atoms. The summed E-state index contributed by atoms with van der Waals surface area (Å²) < 4.78 is 51.3. The Balaban J connectivity index is 0.720. The van der Waals surface area contributed by atoms with E-state index in [1.54, 1.807) is 7.11 Å². The van der Waals surface area contributed by atoms with Crippen LogP contribution in [0.1, 0.15) is 74.6 Å². The number of ether oxygens (including phenoxy) is 1. The third-order valence-electron chi connectivity index (χ3n) is 15.9. The number of piperidine rings is 2. The molecule has 6 aromatic rings. The maximum Gasteiger partial charge on any atom is 0.234 e. The van der Waals surface area contributed by atoms with E-state index in [0.717, 1.165) is 103 Å². The minimum atomic E-state index is -2.68. The number of aryl methyl sites for hydroxylation is 2. The molecule has 0 aliphatic carbocycles. The summed E-state index contributed by atoms with van der Waals surface area (Å²) in [7, 11) is -1.00. The van der Waals surface area contributed by atoms with E-state index in [1.807, 2.05) is 47.2 Å². The number of piperazine rings is 1. The van der Waals surface area contributed by atoms with E-state index in [4.69, 9.17) is 19.7 Å². The second-order valence-corrected chi connectivity index (χ2v) is 23.4. The number of H-pyrrole nitrogens is 1. The highest BCUT2D eigenvalue weighted by Gasteiger charge is 2.38. The molecule has 5 saturated heterocycles. The van der Waals surface area contributed by atoms with Gasteiger partial charge in [0, 0.05) is 123 Å². The highest BCUT2D eigenvalue weighted by molar-refractivity contribution is 7.72. The van der Waals surface area contributed by atoms with Crippen molar-refractivity contribution in [2.75, 3.05) is 92.2 Å². The molecular formula is C54H62F2N11O5P. The summed E-state index contributed by atoms with van der Waals surface area (Å²) in [6.45, 7) is 9.57. The van der Waals surface area contributed by atoms with Gasteiger partial charge in [-0.25, -0.2) is 8.78 Å². The number of nitrogens with one attached hydrogen (secondary N) is 4. The second-order valence-electron chi connectivity index (χ2n) is 20.3. The zero-order chi connectivity index (χ0) is 50.5. The normalized spacial score (nSPS) is 20.8. The highest BCUT2D eigenvalue weighted by atomic mass is 31.2. The van der Waals surface area contributed by atoms with Crippen molar-refractivity contribution >= 4 is 86.6 Å². The number of amides is 3. The lowest BCUT2D eigenvalue weighted by Gasteiger charge is -2.44. The summed E-state index contributed by atoms with van der Waals surface area (Å²) in [5.74, 6) is -2.38. The molecule has 2 atom stereocenters. The average Bonchev–Trinajstić information content (AvgIpc) is 4.19. The molecule has 0 bridgehead atoms. The van der Waals surface area contributed by atoms with Gasteiger partial charge in [-0.15, -0.1) is 0 Å². The monoisotopic (exact) mass is 1010 g/mol. The van der Waals surface area contributed by atoms with Gasteiger partial charge in [0.05, 0.1) is 41.2 Å². The summed E-state index contributed by atoms with van der Waals surface area (Å²) in [5, 5.41) is 11.8. The fraction of sp³-hybridized carbons (Fsp3) is 0.444. The van der Waals surface area contributed by atoms with Gasteiger partial charge >= 0.3 is 0 Å². The molecule has 1 unspecified atom stereocenters. The zero-order valence-electron chi connectivity index (χ0n) is 41.6. The maximum absolute atomic E-state index is 15.3. The van der Waals surface area contributed by atoms with Crippen LogP contribution in [0.4, 0.5) is 43.3 Å². The van der Waals surface area contributed by atoms with E-state index >= 15 is 8.78 Å². The quantitative estimate of drug-likeness (QED) is 0.0683. The number of carbonyl (C=O) groups is 3. The topological polar surface area (TPSA) is 181 Å². The van der Waals surface area contributed by atoms with Crippen LogP contribution < -0.4 is 35.8 Å². The van der Waals surface area contributed by atoms with Crippen molar-refractivity contribution in [2.24, 2.45) is 5.92 Å². The van der Waals surface area contributed by atoms with Crippen LogP contribution in [0.25, 0.3) is 21.9 Å². The predicted octanol–water partition coefficient (Wildman–Crippen LogP) is 8.09. The summed E-state index contributed by atoms with van der Waals surface area (Å²) in [6, 6.07) is 17.1. The van der Waals surface area contributed by atoms with Crippen LogP contribution in [0.5, 0.6) is 5.75 Å². The number of carbonyl (C=O) groups excluding carboxylic acids is 3. The minimum Gasteiger partial charge on any atom is -0.494 e. The third kappa shape index (κ3) is 9.48. The van der Waals surface area contributed by atoms with E-state index in [-0.39, 0.29) is 30.2 Å². The van der Waals surface area contributed by atoms with Crippen molar-refractivity contribution in [3.8, 4) is 5.75 Å². The number of methoxy groups -OCH3 is 1. The largest absolute Gasteiger partial charge is 0.494 e. The summed E-state index contributed by atoms with van der Waals surface area (Å²) in [5.41, 5.74) is 6.26. The average molecular weight is 1010 g/mol. The van der Waals surface area contributed by atoms with Gasteiger partial charge in [-0.1, -0.05) is 13.0 Å². The van der Waals surface area contributed by atoms with Crippen LogP contribution in [-0.4, -0.2) is 125 Å². The molecule has 5 aliphatic rings. The van der Waals surface area contributed by atoms with Gasteiger partial charge in [0.2, 0.25) is 23.7 Å². The van der Waals surface area contributed by atoms with Crippen LogP contribution in [-0.2, 0) is 25.4 Å². The van der Waals surface area contributed by atoms with Gasteiger partial charge < -0.3 is 39.6 Å². The number of pyridine rings is 1. The molecule has 0 spiro atoms. The Morgan fingerprint density at radius 3 is 2.32 bits per heavy atom. The summed E-state index contributed by atoms with van der Waals surface area (Å²) in [6.07, 6.45) is 8.52. The van der Waals surface area contributed by atoms with Crippen molar-refractivity contribution in [1.82, 2.24) is 35.1 Å². The first kappa shape index (κ1) is 48.6. The number of aromatic nitrogens is 4. The number of hydrogen-bond acceptors (Lipinski definition) is 13. The molecule has 382 valence electrons. The molecule has 3 aromatic carbocycles. The van der Waals surface area contributed by atoms with Gasteiger partial charge in [-0.3, -0.25) is 29.6 Å². The molecule has 16 nitrogen and oxygen atoms in total. The lowest BCUT2D eigenvalue weighted by molar-refractivity contribution is -0.137. The SMILES string of the molecule is CCc1cc(Nc2nc(Nc3ccc4nc(C)ccc4c3P3(=O)CCCC3)c3cc[nH]c3n2)c(OC)cc1N1CCC(N2CCN(C(=O)[C@@H]3CCN(c4cc(F)c(C5CCC(=O)NC5=O)c(F)c4)C3)CC2)CC1. The predicted molar refractivity (Wildman–Crippen MR) is 281 cm³/mol. The number of nitrogens with zero attached hydrogens (tertiary/aromatic N) is 7. The van der Waals surface area contributed by atoms with Crippen LogP contribution in [0.3, 0.4) is 0 Å². The number of aromatic amines is 1. The highest BCUT2D eigenvalue weighted by Crippen LogP contribution is 2.54. The molecule has 11 rings (SSSR count). The first-order valence-electron chi connectivity index (χ1n) is 25.8. The van der Waals surface area contributed by atoms with Crippen LogP contribution in [0, 0.1) is 24.5 Å². The molecule has 4 N–H and O–H groups in total. The van der Waals surface area contributed by atoms with Crippen LogP contribution in [0.2, 0.25) is 0 Å². The molecule has 3 aromatic heterocycles.